The van der Waals surface area contributed by atoms with Crippen LogP contribution in [0.25, 0.3) is 10.2 Å². The lowest BCUT2D eigenvalue weighted by molar-refractivity contribution is 0.0962. The number of carbonyl (C=O) groups is 1. The first-order valence-electron chi connectivity index (χ1n) is 9.70. The molecule has 0 radical (unpaired) electrons. The Hall–Kier alpha value is -2.40. The highest BCUT2D eigenvalue weighted by atomic mass is 35.5. The van der Waals surface area contributed by atoms with Crippen molar-refractivity contribution in [2.24, 2.45) is 0 Å². The largest absolute Gasteiger partial charge is 0.494 e. The van der Waals surface area contributed by atoms with E-state index in [0.29, 0.717) is 40.1 Å². The molecule has 2 heterocycles. The summed E-state index contributed by atoms with van der Waals surface area (Å²) in [6.07, 6.45) is 2.79. The number of amides is 1. The fraction of sp³-hybridized carbons (Fsp3) is 0.300. The number of nitrogens with zero attached hydrogens (tertiary/aromatic N) is 2. The molecule has 1 amide bonds. The highest BCUT2D eigenvalue weighted by Gasteiger charge is 2.26. The number of nitrogens with one attached hydrogen (secondary N) is 2. The average molecular weight is 481 g/mol. The second-order valence-electron chi connectivity index (χ2n) is 7.01. The van der Waals surface area contributed by atoms with Crippen molar-refractivity contribution in [3.05, 3.63) is 47.0 Å². The molecule has 1 aromatic heterocycles. The minimum absolute atomic E-state index is 0.187. The number of hydrogen-bond donors (Lipinski definition) is 2. The minimum atomic E-state index is -3.53. The summed E-state index contributed by atoms with van der Waals surface area (Å²) in [5.41, 5.74) is 6.27. The second kappa shape index (κ2) is 8.99. The van der Waals surface area contributed by atoms with Crippen LogP contribution in [-0.2, 0) is 10.0 Å². The van der Waals surface area contributed by atoms with Gasteiger partial charge in [0.2, 0.25) is 15.2 Å². The number of rotatable bonds is 6. The van der Waals surface area contributed by atoms with E-state index in [0.717, 1.165) is 24.0 Å². The third-order valence-corrected chi connectivity index (χ3v) is 8.37. The summed E-state index contributed by atoms with van der Waals surface area (Å²) in [5, 5.41) is 0.984. The topological polar surface area (TPSA) is 101 Å². The number of carbonyl (C=O) groups excluding carboxylic acids is 1. The van der Waals surface area contributed by atoms with E-state index in [1.54, 1.807) is 19.2 Å². The molecule has 2 aromatic carbocycles. The van der Waals surface area contributed by atoms with E-state index in [1.807, 2.05) is 0 Å². The molecule has 2 N–H and O–H groups in total. The van der Waals surface area contributed by atoms with E-state index in [1.165, 1.54) is 39.9 Å². The van der Waals surface area contributed by atoms with Crippen molar-refractivity contribution in [3.8, 4) is 5.75 Å². The molecular weight excluding hydrogens is 460 g/mol. The lowest BCUT2D eigenvalue weighted by Crippen LogP contribution is -2.35. The predicted molar refractivity (Wildman–Crippen MR) is 121 cm³/mol. The van der Waals surface area contributed by atoms with Crippen LogP contribution in [0.15, 0.2) is 41.3 Å². The van der Waals surface area contributed by atoms with Gasteiger partial charge < -0.3 is 4.74 Å². The summed E-state index contributed by atoms with van der Waals surface area (Å²) in [4.78, 5) is 17.1. The van der Waals surface area contributed by atoms with Crippen molar-refractivity contribution < 1.29 is 17.9 Å². The van der Waals surface area contributed by atoms with Gasteiger partial charge in [0.05, 0.1) is 21.7 Å². The molecule has 0 bridgehead atoms. The summed E-state index contributed by atoms with van der Waals surface area (Å²) < 4.78 is 33.0. The van der Waals surface area contributed by atoms with Crippen molar-refractivity contribution in [1.82, 2.24) is 14.7 Å². The Morgan fingerprint density at radius 1 is 1.13 bits per heavy atom. The standard InChI is InChI=1S/C20H21ClN4O4S2/c1-29-16-10-9-15(21)18-17(16)22-20(30-18)24-23-19(26)13-5-7-14(8-6-13)31(27,28)25-11-3-2-4-12-25/h5-10H,2-4,11-12H2,1H3,(H,22,24)(H,23,26). The first-order chi connectivity index (χ1) is 14.9. The minimum Gasteiger partial charge on any atom is -0.494 e. The first kappa shape index (κ1) is 21.8. The van der Waals surface area contributed by atoms with E-state index in [9.17, 15) is 13.2 Å². The Morgan fingerprint density at radius 2 is 1.84 bits per heavy atom. The number of hydrogen-bond acceptors (Lipinski definition) is 7. The van der Waals surface area contributed by atoms with Crippen LogP contribution in [0.5, 0.6) is 5.75 Å². The number of halogens is 1. The van der Waals surface area contributed by atoms with Crippen LogP contribution >= 0.6 is 22.9 Å². The van der Waals surface area contributed by atoms with Crippen molar-refractivity contribution in [1.29, 1.82) is 0 Å². The van der Waals surface area contributed by atoms with E-state index in [4.69, 9.17) is 16.3 Å². The van der Waals surface area contributed by atoms with Gasteiger partial charge in [-0.2, -0.15) is 4.31 Å². The number of benzene rings is 2. The smallest absolute Gasteiger partial charge is 0.269 e. The Labute approximate surface area is 189 Å². The van der Waals surface area contributed by atoms with Crippen LogP contribution in [0, 0.1) is 0 Å². The van der Waals surface area contributed by atoms with Crippen LogP contribution in [0.2, 0.25) is 5.02 Å². The molecule has 1 aliphatic rings. The zero-order valence-electron chi connectivity index (χ0n) is 16.7. The summed E-state index contributed by atoms with van der Waals surface area (Å²) in [7, 11) is -1.98. The lowest BCUT2D eigenvalue weighted by Gasteiger charge is -2.25. The number of anilines is 1. The Balaban J connectivity index is 1.45. The van der Waals surface area contributed by atoms with Gasteiger partial charge in [0, 0.05) is 18.7 Å². The fourth-order valence-corrected chi connectivity index (χ4v) is 6.01. The molecule has 31 heavy (non-hydrogen) atoms. The highest BCUT2D eigenvalue weighted by molar-refractivity contribution is 7.89. The SMILES string of the molecule is COc1ccc(Cl)c2sc(NNC(=O)c3ccc(S(=O)(=O)N4CCCCC4)cc3)nc12. The van der Waals surface area contributed by atoms with Crippen LogP contribution in [-0.4, -0.2) is 43.8 Å². The molecule has 164 valence electrons. The van der Waals surface area contributed by atoms with Crippen molar-refractivity contribution in [3.63, 3.8) is 0 Å². The van der Waals surface area contributed by atoms with Gasteiger partial charge in [-0.25, -0.2) is 13.4 Å². The summed E-state index contributed by atoms with van der Waals surface area (Å²) >= 11 is 7.49. The van der Waals surface area contributed by atoms with E-state index < -0.39 is 15.9 Å². The normalized spacial score (nSPS) is 15.0. The molecule has 0 saturated carbocycles. The molecule has 0 aliphatic carbocycles. The number of ether oxygens (including phenoxy) is 1. The molecule has 1 fully saturated rings. The summed E-state index contributed by atoms with van der Waals surface area (Å²) in [5.74, 6) is 0.166. The van der Waals surface area contributed by atoms with Crippen LogP contribution < -0.4 is 15.6 Å². The van der Waals surface area contributed by atoms with E-state index in [2.05, 4.69) is 15.8 Å². The molecular formula is C20H21ClN4O4S2. The van der Waals surface area contributed by atoms with Gasteiger partial charge in [-0.15, -0.1) is 0 Å². The maximum absolute atomic E-state index is 12.7. The van der Waals surface area contributed by atoms with Gasteiger partial charge in [-0.3, -0.25) is 15.6 Å². The molecule has 1 saturated heterocycles. The maximum Gasteiger partial charge on any atom is 0.269 e. The zero-order chi connectivity index (χ0) is 22.0. The first-order valence-corrected chi connectivity index (χ1v) is 12.3. The van der Waals surface area contributed by atoms with Gasteiger partial charge in [-0.1, -0.05) is 29.4 Å². The molecule has 0 spiro atoms. The number of aromatic nitrogens is 1. The molecule has 8 nitrogen and oxygen atoms in total. The summed E-state index contributed by atoms with van der Waals surface area (Å²) in [6.45, 7) is 1.07. The number of methoxy groups -OCH3 is 1. The Morgan fingerprint density at radius 3 is 2.52 bits per heavy atom. The van der Waals surface area contributed by atoms with E-state index >= 15 is 0 Å². The van der Waals surface area contributed by atoms with E-state index in [-0.39, 0.29) is 4.90 Å². The predicted octanol–water partition coefficient (Wildman–Crippen LogP) is 3.89. The van der Waals surface area contributed by atoms with Gasteiger partial charge in [0.1, 0.15) is 11.3 Å². The number of sulfonamides is 1. The number of fused-ring (bicyclic) bond motifs is 1. The Kier molecular flexibility index (Phi) is 6.33. The van der Waals surface area contributed by atoms with Crippen LogP contribution in [0.4, 0.5) is 5.13 Å². The monoisotopic (exact) mass is 480 g/mol. The second-order valence-corrected chi connectivity index (χ2v) is 10.4. The van der Waals surface area contributed by atoms with Gasteiger partial charge in [0.25, 0.3) is 5.91 Å². The molecule has 0 atom stereocenters. The number of hydrazine groups is 1. The van der Waals surface area contributed by atoms with Crippen LogP contribution in [0.1, 0.15) is 29.6 Å². The van der Waals surface area contributed by atoms with Gasteiger partial charge in [-0.05, 0) is 49.2 Å². The number of thiazole rings is 1. The van der Waals surface area contributed by atoms with Crippen molar-refractivity contribution >= 4 is 54.2 Å². The van der Waals surface area contributed by atoms with Crippen molar-refractivity contribution in [2.45, 2.75) is 24.2 Å². The summed E-state index contributed by atoms with van der Waals surface area (Å²) in [6, 6.07) is 9.36. The average Bonchev–Trinajstić information content (AvgIpc) is 3.24. The fourth-order valence-electron chi connectivity index (χ4n) is 3.39. The third kappa shape index (κ3) is 4.47. The Bertz CT molecular complexity index is 1210. The molecule has 1 aliphatic heterocycles. The molecule has 3 aromatic rings. The van der Waals surface area contributed by atoms with Crippen molar-refractivity contribution in [2.75, 3.05) is 25.6 Å². The van der Waals surface area contributed by atoms with Crippen LogP contribution in [0.3, 0.4) is 0 Å². The van der Waals surface area contributed by atoms with Gasteiger partial charge in [0.15, 0.2) is 0 Å². The highest BCUT2D eigenvalue weighted by Crippen LogP contribution is 2.37. The molecule has 4 rings (SSSR count). The quantitative estimate of drug-likeness (QED) is 0.519. The number of piperidine rings is 1. The van der Waals surface area contributed by atoms with Gasteiger partial charge >= 0.3 is 0 Å². The molecule has 11 heteroatoms. The lowest BCUT2D eigenvalue weighted by atomic mass is 10.2. The zero-order valence-corrected chi connectivity index (χ0v) is 19.1. The third-order valence-electron chi connectivity index (χ3n) is 5.03. The molecule has 0 unspecified atom stereocenters. The maximum atomic E-state index is 12.7.